The van der Waals surface area contributed by atoms with Crippen molar-refractivity contribution < 1.29 is 4.79 Å². The van der Waals surface area contributed by atoms with Gasteiger partial charge in [0.05, 0.1) is 0 Å². The molecule has 2 amide bonds. The second kappa shape index (κ2) is 5.71. The zero-order valence-corrected chi connectivity index (χ0v) is 11.6. The van der Waals surface area contributed by atoms with E-state index in [2.05, 4.69) is 33.0 Å². The van der Waals surface area contributed by atoms with E-state index >= 15 is 0 Å². The van der Waals surface area contributed by atoms with Crippen molar-refractivity contribution in [2.24, 2.45) is 17.1 Å². The van der Waals surface area contributed by atoms with E-state index in [4.69, 9.17) is 5.73 Å². The molecule has 1 fully saturated rings. The maximum Gasteiger partial charge on any atom is 0.314 e. The van der Waals surface area contributed by atoms with Gasteiger partial charge < -0.3 is 16.0 Å². The van der Waals surface area contributed by atoms with Crippen LogP contribution in [-0.2, 0) is 0 Å². The summed E-state index contributed by atoms with van der Waals surface area (Å²) in [4.78, 5) is 12.7. The number of nitrogens with zero attached hydrogens (tertiary/aromatic N) is 1. The molecule has 1 aliphatic rings. The molecule has 0 aromatic carbocycles. The van der Waals surface area contributed by atoms with Gasteiger partial charge in [0, 0.05) is 25.7 Å². The normalized spacial score (nSPS) is 18.8. The predicted octanol–water partition coefficient (Wildman–Crippen LogP) is 1.80. The third-order valence-corrected chi connectivity index (χ3v) is 4.22. The number of amides is 2. The molecule has 0 unspecified atom stereocenters. The van der Waals surface area contributed by atoms with Crippen LogP contribution in [0.4, 0.5) is 4.79 Å². The molecule has 1 saturated heterocycles. The molecule has 0 saturated carbocycles. The van der Waals surface area contributed by atoms with Crippen LogP contribution in [0.3, 0.4) is 0 Å². The van der Waals surface area contributed by atoms with Gasteiger partial charge in [-0.1, -0.05) is 27.7 Å². The molecule has 0 spiro atoms. The highest BCUT2D eigenvalue weighted by atomic mass is 16.2. The summed E-state index contributed by atoms with van der Waals surface area (Å²) in [5, 5.41) is 3.62. The molecule has 17 heavy (non-hydrogen) atoms. The number of rotatable bonds is 4. The Labute approximate surface area is 105 Å². The van der Waals surface area contributed by atoms with Crippen molar-refractivity contribution in [3.63, 3.8) is 0 Å². The second-order valence-electron chi connectivity index (χ2n) is 6.12. The highest BCUT2D eigenvalue weighted by molar-refractivity contribution is 5.72. The first kappa shape index (κ1) is 14.3. The van der Waals surface area contributed by atoms with Gasteiger partial charge in [0.25, 0.3) is 0 Å². The maximum absolute atomic E-state index is 11.0. The molecular formula is C13H27N3O. The zero-order valence-electron chi connectivity index (χ0n) is 11.6. The van der Waals surface area contributed by atoms with E-state index in [1.165, 1.54) is 0 Å². The number of primary amides is 1. The molecule has 0 aromatic heterocycles. The van der Waals surface area contributed by atoms with Crippen LogP contribution < -0.4 is 11.1 Å². The lowest BCUT2D eigenvalue weighted by Gasteiger charge is -2.35. The van der Waals surface area contributed by atoms with Crippen LogP contribution in [0.1, 0.15) is 40.5 Å². The van der Waals surface area contributed by atoms with E-state index in [1.54, 1.807) is 4.90 Å². The number of hydrogen-bond acceptors (Lipinski definition) is 2. The summed E-state index contributed by atoms with van der Waals surface area (Å²) < 4.78 is 0. The molecule has 1 aliphatic heterocycles. The molecule has 0 bridgehead atoms. The Balaban J connectivity index is 2.29. The topological polar surface area (TPSA) is 58.4 Å². The number of carbonyl (C=O) groups is 1. The van der Waals surface area contributed by atoms with E-state index in [-0.39, 0.29) is 6.03 Å². The summed E-state index contributed by atoms with van der Waals surface area (Å²) in [7, 11) is 0. The lowest BCUT2D eigenvalue weighted by atomic mass is 9.81. The molecule has 4 nitrogen and oxygen atoms in total. The van der Waals surface area contributed by atoms with E-state index in [0.29, 0.717) is 17.4 Å². The minimum Gasteiger partial charge on any atom is -0.351 e. The first-order chi connectivity index (χ1) is 7.83. The van der Waals surface area contributed by atoms with E-state index in [9.17, 15) is 4.79 Å². The fourth-order valence-electron chi connectivity index (χ4n) is 1.92. The highest BCUT2D eigenvalue weighted by Crippen LogP contribution is 2.25. The third kappa shape index (κ3) is 4.19. The first-order valence-corrected chi connectivity index (χ1v) is 6.60. The Bertz CT molecular complexity index is 255. The molecule has 0 atom stereocenters. The number of urea groups is 1. The highest BCUT2D eigenvalue weighted by Gasteiger charge is 2.25. The summed E-state index contributed by atoms with van der Waals surface area (Å²) in [6.45, 7) is 11.7. The second-order valence-corrected chi connectivity index (χ2v) is 6.12. The molecule has 0 aliphatic carbocycles. The number of nitrogens with one attached hydrogen (secondary N) is 1. The van der Waals surface area contributed by atoms with E-state index < -0.39 is 0 Å². The van der Waals surface area contributed by atoms with Crippen LogP contribution in [0, 0.1) is 11.3 Å². The van der Waals surface area contributed by atoms with Crippen molar-refractivity contribution in [1.29, 1.82) is 0 Å². The van der Waals surface area contributed by atoms with Gasteiger partial charge in [0.1, 0.15) is 0 Å². The largest absolute Gasteiger partial charge is 0.351 e. The minimum absolute atomic E-state index is 0.286. The Kier molecular flexibility index (Phi) is 4.80. The van der Waals surface area contributed by atoms with Crippen LogP contribution in [-0.4, -0.2) is 36.6 Å². The van der Waals surface area contributed by atoms with Crippen molar-refractivity contribution in [2.45, 2.75) is 46.6 Å². The molecule has 1 rings (SSSR count). The Morgan fingerprint density at radius 1 is 1.41 bits per heavy atom. The fourth-order valence-corrected chi connectivity index (χ4v) is 1.92. The molecule has 1 heterocycles. The number of piperidine rings is 1. The first-order valence-electron chi connectivity index (χ1n) is 6.60. The molecule has 4 heteroatoms. The van der Waals surface area contributed by atoms with Crippen molar-refractivity contribution >= 4 is 6.03 Å². The Morgan fingerprint density at radius 2 is 1.94 bits per heavy atom. The number of nitrogens with two attached hydrogens (primary N) is 1. The summed E-state index contributed by atoms with van der Waals surface area (Å²) in [6.07, 6.45) is 2.02. The van der Waals surface area contributed by atoms with Crippen molar-refractivity contribution in [3.05, 3.63) is 0 Å². The lowest BCUT2D eigenvalue weighted by molar-refractivity contribution is 0.173. The van der Waals surface area contributed by atoms with Crippen LogP contribution in [0.25, 0.3) is 0 Å². The van der Waals surface area contributed by atoms with Gasteiger partial charge in [-0.25, -0.2) is 4.79 Å². The molecule has 100 valence electrons. The summed E-state index contributed by atoms with van der Waals surface area (Å²) in [6, 6.07) is 0.245. The molecule has 0 radical (unpaired) electrons. The van der Waals surface area contributed by atoms with Crippen molar-refractivity contribution in [3.8, 4) is 0 Å². The molecule has 0 aromatic rings. The molecular weight excluding hydrogens is 214 g/mol. The quantitative estimate of drug-likeness (QED) is 0.788. The summed E-state index contributed by atoms with van der Waals surface area (Å²) in [5.74, 6) is 0.667. The molecule has 3 N–H and O–H groups in total. The average Bonchev–Trinajstić information content (AvgIpc) is 2.27. The van der Waals surface area contributed by atoms with Crippen LogP contribution in [0.15, 0.2) is 0 Å². The number of hydrogen-bond donors (Lipinski definition) is 2. The summed E-state index contributed by atoms with van der Waals surface area (Å²) >= 11 is 0. The van der Waals surface area contributed by atoms with Gasteiger partial charge in [-0.05, 0) is 24.2 Å². The van der Waals surface area contributed by atoms with Crippen LogP contribution in [0.5, 0.6) is 0 Å². The van der Waals surface area contributed by atoms with Gasteiger partial charge in [-0.3, -0.25) is 0 Å². The van der Waals surface area contributed by atoms with Gasteiger partial charge in [-0.15, -0.1) is 0 Å². The van der Waals surface area contributed by atoms with Crippen LogP contribution in [0.2, 0.25) is 0 Å². The van der Waals surface area contributed by atoms with Gasteiger partial charge in [0.2, 0.25) is 0 Å². The Morgan fingerprint density at radius 3 is 2.35 bits per heavy atom. The van der Waals surface area contributed by atoms with Gasteiger partial charge in [0.15, 0.2) is 0 Å². The average molecular weight is 241 g/mol. The van der Waals surface area contributed by atoms with E-state index in [0.717, 1.165) is 32.5 Å². The number of carbonyl (C=O) groups excluding carboxylic acids is 1. The minimum atomic E-state index is -0.286. The standard InChI is InChI=1S/C13H27N3O/c1-10(2)13(3,4)9-15-11-5-7-16(8-6-11)12(14)17/h10-11,15H,5-9H2,1-4H3,(H2,14,17). The maximum atomic E-state index is 11.0. The number of likely N-dealkylation sites (tertiary alicyclic amines) is 1. The van der Waals surface area contributed by atoms with Crippen molar-refractivity contribution in [1.82, 2.24) is 10.2 Å². The van der Waals surface area contributed by atoms with E-state index in [1.807, 2.05) is 0 Å². The SMILES string of the molecule is CC(C)C(C)(C)CNC1CCN(C(N)=O)CC1. The van der Waals surface area contributed by atoms with Crippen LogP contribution >= 0.6 is 0 Å². The monoisotopic (exact) mass is 241 g/mol. The smallest absolute Gasteiger partial charge is 0.314 e. The zero-order chi connectivity index (χ0) is 13.1. The lowest BCUT2D eigenvalue weighted by Crippen LogP contribution is -2.48. The Hall–Kier alpha value is -0.770. The van der Waals surface area contributed by atoms with Gasteiger partial charge in [-0.2, -0.15) is 0 Å². The summed E-state index contributed by atoms with van der Waals surface area (Å²) in [5.41, 5.74) is 5.58. The third-order valence-electron chi connectivity index (χ3n) is 4.22. The van der Waals surface area contributed by atoms with Crippen molar-refractivity contribution in [2.75, 3.05) is 19.6 Å². The van der Waals surface area contributed by atoms with Gasteiger partial charge >= 0.3 is 6.03 Å². The predicted molar refractivity (Wildman–Crippen MR) is 70.8 cm³/mol. The fraction of sp³-hybridized carbons (Fsp3) is 0.923.